The van der Waals surface area contributed by atoms with Crippen LogP contribution in [0.3, 0.4) is 0 Å². The molecule has 0 atom stereocenters. The van der Waals surface area contributed by atoms with Crippen LogP contribution in [0.25, 0.3) is 0 Å². The molecule has 2 aromatic carbocycles. The van der Waals surface area contributed by atoms with Crippen molar-refractivity contribution >= 4 is 33.2 Å². The van der Waals surface area contributed by atoms with Crippen molar-refractivity contribution in [2.24, 2.45) is 0 Å². The number of amides is 1. The van der Waals surface area contributed by atoms with E-state index in [1.165, 1.54) is 25.7 Å². The van der Waals surface area contributed by atoms with Gasteiger partial charge in [0, 0.05) is 57.5 Å². The number of nitrogens with one attached hydrogen (secondary N) is 1. The number of aryl methyl sites for hydroxylation is 1. The minimum absolute atomic E-state index is 0.147. The molecule has 3 rings (SSSR count). The summed E-state index contributed by atoms with van der Waals surface area (Å²) in [5, 5.41) is 3.62. The third-order valence-electron chi connectivity index (χ3n) is 5.39. The molecule has 1 heterocycles. The minimum atomic E-state index is -3.56. The lowest BCUT2D eigenvalue weighted by Crippen LogP contribution is -2.48. The predicted molar refractivity (Wildman–Crippen MR) is 124 cm³/mol. The molecule has 0 unspecified atom stereocenters. The summed E-state index contributed by atoms with van der Waals surface area (Å²) in [6.07, 6.45) is 0. The van der Waals surface area contributed by atoms with Crippen molar-refractivity contribution in [2.45, 2.75) is 18.4 Å². The molecule has 1 aliphatic rings. The molecule has 1 aliphatic heterocycles. The van der Waals surface area contributed by atoms with Gasteiger partial charge in [-0.25, -0.2) is 12.7 Å². The van der Waals surface area contributed by atoms with Crippen molar-refractivity contribution in [1.82, 2.24) is 14.1 Å². The van der Waals surface area contributed by atoms with E-state index in [2.05, 4.69) is 21.2 Å². The number of sulfonamides is 1. The Hall–Kier alpha value is -1.97. The number of benzene rings is 2. The highest BCUT2D eigenvalue weighted by atomic mass is 35.5. The minimum Gasteiger partial charge on any atom is -0.325 e. The van der Waals surface area contributed by atoms with E-state index in [1.54, 1.807) is 12.1 Å². The summed E-state index contributed by atoms with van der Waals surface area (Å²) in [5.74, 6) is -0.147. The van der Waals surface area contributed by atoms with Crippen LogP contribution in [-0.2, 0) is 21.4 Å². The van der Waals surface area contributed by atoms with E-state index in [1.807, 2.05) is 25.1 Å². The van der Waals surface area contributed by atoms with E-state index in [9.17, 15) is 13.2 Å². The Labute approximate surface area is 189 Å². The van der Waals surface area contributed by atoms with Crippen LogP contribution >= 0.6 is 11.6 Å². The van der Waals surface area contributed by atoms with Gasteiger partial charge >= 0.3 is 0 Å². The summed E-state index contributed by atoms with van der Waals surface area (Å²) in [7, 11) is -0.585. The Morgan fingerprint density at radius 1 is 1.06 bits per heavy atom. The van der Waals surface area contributed by atoms with Crippen molar-refractivity contribution in [1.29, 1.82) is 0 Å². The fraction of sp³-hybridized carbons (Fsp3) is 0.409. The molecular weight excluding hydrogens is 436 g/mol. The fourth-order valence-corrected chi connectivity index (χ4v) is 4.64. The number of carbonyl (C=O) groups excluding carboxylic acids is 1. The van der Waals surface area contributed by atoms with Gasteiger partial charge in [-0.2, -0.15) is 0 Å². The number of halogens is 1. The molecule has 1 saturated heterocycles. The van der Waals surface area contributed by atoms with Gasteiger partial charge in [0.25, 0.3) is 0 Å². The van der Waals surface area contributed by atoms with Gasteiger partial charge in [-0.05, 0) is 42.3 Å². The molecule has 0 bridgehead atoms. The van der Waals surface area contributed by atoms with Crippen molar-refractivity contribution in [2.75, 3.05) is 52.1 Å². The zero-order chi connectivity index (χ0) is 22.6. The molecule has 0 saturated carbocycles. The number of anilines is 1. The average molecular weight is 465 g/mol. The van der Waals surface area contributed by atoms with Crippen LogP contribution in [-0.4, -0.2) is 75.2 Å². The van der Waals surface area contributed by atoms with Crippen LogP contribution in [0.4, 0.5) is 5.69 Å². The first kappa shape index (κ1) is 23.7. The molecule has 1 amide bonds. The quantitative estimate of drug-likeness (QED) is 0.682. The van der Waals surface area contributed by atoms with Gasteiger partial charge in [0.1, 0.15) is 0 Å². The zero-order valence-corrected chi connectivity index (χ0v) is 19.7. The lowest BCUT2D eigenvalue weighted by Gasteiger charge is -2.34. The normalized spacial score (nSPS) is 15.9. The van der Waals surface area contributed by atoms with Crippen molar-refractivity contribution < 1.29 is 13.2 Å². The number of hydrogen-bond donors (Lipinski definition) is 1. The summed E-state index contributed by atoms with van der Waals surface area (Å²) >= 11 is 6.06. The van der Waals surface area contributed by atoms with Crippen LogP contribution < -0.4 is 5.32 Å². The van der Waals surface area contributed by atoms with Crippen LogP contribution in [0.2, 0.25) is 5.02 Å². The maximum Gasteiger partial charge on any atom is 0.242 e. The molecule has 168 valence electrons. The van der Waals surface area contributed by atoms with Crippen LogP contribution in [0.1, 0.15) is 11.1 Å². The number of hydrogen-bond acceptors (Lipinski definition) is 5. The third-order valence-corrected chi connectivity index (χ3v) is 7.44. The van der Waals surface area contributed by atoms with E-state index < -0.39 is 10.0 Å². The van der Waals surface area contributed by atoms with Gasteiger partial charge in [-0.3, -0.25) is 14.6 Å². The standard InChI is InChI=1S/C22H29ClN4O3S/c1-17-7-8-20(31(29,30)25(2)3)14-21(17)24-22(28)16-27-11-9-26(10-12-27)15-18-5-4-6-19(23)13-18/h4-8,13-14H,9-12,15-16H2,1-3H3,(H,24,28). The Kier molecular flexibility index (Phi) is 7.72. The second-order valence-electron chi connectivity index (χ2n) is 7.99. The highest BCUT2D eigenvalue weighted by Gasteiger charge is 2.21. The summed E-state index contributed by atoms with van der Waals surface area (Å²) in [6.45, 7) is 6.28. The summed E-state index contributed by atoms with van der Waals surface area (Å²) in [6, 6.07) is 12.7. The summed E-state index contributed by atoms with van der Waals surface area (Å²) in [4.78, 5) is 17.2. The molecular formula is C22H29ClN4O3S. The summed E-state index contributed by atoms with van der Waals surface area (Å²) < 4.78 is 25.9. The number of rotatable bonds is 7. The highest BCUT2D eigenvalue weighted by Crippen LogP contribution is 2.22. The molecule has 0 aliphatic carbocycles. The zero-order valence-electron chi connectivity index (χ0n) is 18.1. The molecule has 0 radical (unpaired) electrons. The van der Waals surface area contributed by atoms with Gasteiger partial charge in [0.15, 0.2) is 0 Å². The monoisotopic (exact) mass is 464 g/mol. The van der Waals surface area contributed by atoms with E-state index in [0.29, 0.717) is 5.69 Å². The topological polar surface area (TPSA) is 73.0 Å². The SMILES string of the molecule is Cc1ccc(S(=O)(=O)N(C)C)cc1NC(=O)CN1CCN(Cc2cccc(Cl)c2)CC1. The van der Waals surface area contributed by atoms with Crippen LogP contribution in [0.5, 0.6) is 0 Å². The first-order valence-electron chi connectivity index (χ1n) is 10.2. The molecule has 1 fully saturated rings. The number of carbonyl (C=O) groups is 1. The first-order chi connectivity index (χ1) is 14.6. The Balaban J connectivity index is 1.54. The molecule has 0 aromatic heterocycles. The van der Waals surface area contributed by atoms with Crippen molar-refractivity contribution in [3.05, 3.63) is 58.6 Å². The van der Waals surface area contributed by atoms with Gasteiger partial charge in [0.2, 0.25) is 15.9 Å². The van der Waals surface area contributed by atoms with Crippen molar-refractivity contribution in [3.63, 3.8) is 0 Å². The smallest absolute Gasteiger partial charge is 0.242 e. The molecule has 9 heteroatoms. The Morgan fingerprint density at radius 3 is 2.39 bits per heavy atom. The maximum absolute atomic E-state index is 12.6. The Bertz CT molecular complexity index is 1030. The van der Waals surface area contributed by atoms with E-state index >= 15 is 0 Å². The second-order valence-corrected chi connectivity index (χ2v) is 10.6. The maximum atomic E-state index is 12.6. The third kappa shape index (κ3) is 6.27. The molecule has 2 aromatic rings. The lowest BCUT2D eigenvalue weighted by atomic mass is 10.2. The summed E-state index contributed by atoms with van der Waals surface area (Å²) in [5.41, 5.74) is 2.52. The van der Waals surface area contributed by atoms with Gasteiger partial charge < -0.3 is 5.32 Å². The van der Waals surface area contributed by atoms with Crippen LogP contribution in [0, 0.1) is 6.92 Å². The first-order valence-corrected chi connectivity index (χ1v) is 12.0. The van der Waals surface area contributed by atoms with Gasteiger partial charge in [0.05, 0.1) is 11.4 Å². The largest absolute Gasteiger partial charge is 0.325 e. The predicted octanol–water partition coefficient (Wildman–Crippen LogP) is 2.66. The van der Waals surface area contributed by atoms with E-state index in [0.717, 1.165) is 47.6 Å². The lowest BCUT2D eigenvalue weighted by molar-refractivity contribution is -0.117. The number of piperazine rings is 1. The van der Waals surface area contributed by atoms with Gasteiger partial charge in [-0.15, -0.1) is 0 Å². The molecule has 31 heavy (non-hydrogen) atoms. The highest BCUT2D eigenvalue weighted by molar-refractivity contribution is 7.89. The Morgan fingerprint density at radius 2 is 1.74 bits per heavy atom. The average Bonchev–Trinajstić information content (AvgIpc) is 2.71. The molecule has 1 N–H and O–H groups in total. The van der Waals surface area contributed by atoms with Crippen molar-refractivity contribution in [3.8, 4) is 0 Å². The van der Waals surface area contributed by atoms with E-state index in [4.69, 9.17) is 11.6 Å². The second kappa shape index (κ2) is 10.1. The van der Waals surface area contributed by atoms with Crippen LogP contribution in [0.15, 0.2) is 47.4 Å². The fourth-order valence-electron chi connectivity index (χ4n) is 3.50. The molecule has 0 spiro atoms. The molecule has 7 nitrogen and oxygen atoms in total. The van der Waals surface area contributed by atoms with E-state index in [-0.39, 0.29) is 17.3 Å². The number of nitrogens with zero attached hydrogens (tertiary/aromatic N) is 3. The van der Waals surface area contributed by atoms with Gasteiger partial charge in [-0.1, -0.05) is 29.8 Å².